The van der Waals surface area contributed by atoms with Gasteiger partial charge < -0.3 is 15.3 Å². The highest BCUT2D eigenvalue weighted by molar-refractivity contribution is 5.91. The molecule has 0 fully saturated rings. The molecule has 0 unspecified atom stereocenters. The fourth-order valence-corrected chi connectivity index (χ4v) is 2.35. The van der Waals surface area contributed by atoms with Gasteiger partial charge in [-0.05, 0) is 24.3 Å². The maximum Gasteiger partial charge on any atom is 0.305 e. The molecule has 3 rings (SSSR count). The number of carbonyl (C=O) groups is 1. The first kappa shape index (κ1) is 11.6. The van der Waals surface area contributed by atoms with Crippen LogP contribution in [-0.4, -0.2) is 17.6 Å². The quantitative estimate of drug-likeness (QED) is 0.881. The Morgan fingerprint density at radius 3 is 2.05 bits per heavy atom. The van der Waals surface area contributed by atoms with Gasteiger partial charge in [-0.25, -0.2) is 0 Å². The summed E-state index contributed by atoms with van der Waals surface area (Å²) in [5, 5.41) is 12.3. The molecule has 2 aromatic carbocycles. The van der Waals surface area contributed by atoms with Gasteiger partial charge in [0.15, 0.2) is 0 Å². The molecule has 0 atom stereocenters. The molecule has 4 nitrogen and oxygen atoms in total. The smallest absolute Gasteiger partial charge is 0.305 e. The molecule has 0 bridgehead atoms. The number of carboxylic acid groups (broad SMARTS) is 1. The van der Waals surface area contributed by atoms with Gasteiger partial charge in [-0.15, -0.1) is 0 Å². The second-order valence-corrected chi connectivity index (χ2v) is 4.45. The van der Waals surface area contributed by atoms with Crippen LogP contribution in [0.2, 0.25) is 0 Å². The van der Waals surface area contributed by atoms with Gasteiger partial charge in [-0.3, -0.25) is 4.79 Å². The van der Waals surface area contributed by atoms with Crippen LogP contribution in [0.25, 0.3) is 0 Å². The first-order valence-electron chi connectivity index (χ1n) is 6.20. The van der Waals surface area contributed by atoms with Crippen molar-refractivity contribution in [1.29, 1.82) is 0 Å². The fourth-order valence-electron chi connectivity index (χ4n) is 2.35. The monoisotopic (exact) mass is 254 g/mol. The highest BCUT2D eigenvalue weighted by Crippen LogP contribution is 2.42. The van der Waals surface area contributed by atoms with Crippen molar-refractivity contribution in [3.8, 4) is 0 Å². The summed E-state index contributed by atoms with van der Waals surface area (Å²) in [5.74, 6) is -0.784. The largest absolute Gasteiger partial charge is 0.481 e. The lowest BCUT2D eigenvalue weighted by Gasteiger charge is -2.33. The first-order valence-corrected chi connectivity index (χ1v) is 6.20. The van der Waals surface area contributed by atoms with Gasteiger partial charge in [-0.1, -0.05) is 24.3 Å². The molecule has 2 N–H and O–H groups in total. The summed E-state index contributed by atoms with van der Waals surface area (Å²) >= 11 is 0. The summed E-state index contributed by atoms with van der Waals surface area (Å²) in [5.41, 5.74) is 4.04. The van der Waals surface area contributed by atoms with E-state index in [1.807, 2.05) is 48.5 Å². The fraction of sp³-hybridized carbons (Fsp3) is 0.133. The predicted molar refractivity (Wildman–Crippen MR) is 75.4 cm³/mol. The van der Waals surface area contributed by atoms with E-state index in [1.165, 1.54) is 0 Å². The normalized spacial score (nSPS) is 12.3. The van der Waals surface area contributed by atoms with Crippen LogP contribution in [0.5, 0.6) is 0 Å². The third kappa shape index (κ3) is 2.12. The van der Waals surface area contributed by atoms with Crippen molar-refractivity contribution in [2.45, 2.75) is 6.42 Å². The average molecular weight is 254 g/mol. The molecule has 96 valence electrons. The molecule has 0 spiro atoms. The number of benzene rings is 2. The first-order chi connectivity index (χ1) is 9.25. The molecule has 0 saturated carbocycles. The van der Waals surface area contributed by atoms with Gasteiger partial charge in [0.25, 0.3) is 0 Å². The maximum atomic E-state index is 10.8. The molecule has 2 aromatic rings. The zero-order valence-electron chi connectivity index (χ0n) is 10.3. The second kappa shape index (κ2) is 4.65. The van der Waals surface area contributed by atoms with Crippen LogP contribution in [0.15, 0.2) is 48.5 Å². The Balaban J connectivity index is 2.03. The predicted octanol–water partition coefficient (Wildman–Crippen LogP) is 3.36. The number of carboxylic acids is 1. The van der Waals surface area contributed by atoms with Crippen molar-refractivity contribution < 1.29 is 9.90 Å². The third-order valence-electron chi connectivity index (χ3n) is 3.21. The zero-order valence-corrected chi connectivity index (χ0v) is 10.3. The Kier molecular flexibility index (Phi) is 2.83. The molecule has 0 aliphatic carbocycles. The molecule has 0 saturated heterocycles. The number of rotatable bonds is 3. The summed E-state index contributed by atoms with van der Waals surface area (Å²) in [7, 11) is 0. The van der Waals surface area contributed by atoms with E-state index in [9.17, 15) is 4.79 Å². The molecule has 0 amide bonds. The van der Waals surface area contributed by atoms with Crippen molar-refractivity contribution >= 4 is 28.7 Å². The van der Waals surface area contributed by atoms with Crippen LogP contribution in [0.1, 0.15) is 6.42 Å². The number of fused-ring (bicyclic) bond motifs is 2. The Morgan fingerprint density at radius 1 is 1.00 bits per heavy atom. The van der Waals surface area contributed by atoms with E-state index in [0.717, 1.165) is 22.7 Å². The van der Waals surface area contributed by atoms with Gasteiger partial charge in [0, 0.05) is 6.54 Å². The molecule has 1 aliphatic heterocycles. The van der Waals surface area contributed by atoms with E-state index in [2.05, 4.69) is 10.2 Å². The number of hydrogen-bond acceptors (Lipinski definition) is 3. The number of nitrogens with one attached hydrogen (secondary N) is 1. The van der Waals surface area contributed by atoms with E-state index in [0.29, 0.717) is 6.54 Å². The van der Waals surface area contributed by atoms with Crippen molar-refractivity contribution in [3.63, 3.8) is 0 Å². The number of hydrogen-bond donors (Lipinski definition) is 2. The lowest BCUT2D eigenvalue weighted by molar-refractivity contribution is -0.136. The van der Waals surface area contributed by atoms with Crippen molar-refractivity contribution in [3.05, 3.63) is 48.5 Å². The van der Waals surface area contributed by atoms with Crippen LogP contribution in [-0.2, 0) is 4.79 Å². The summed E-state index contributed by atoms with van der Waals surface area (Å²) in [4.78, 5) is 12.9. The Morgan fingerprint density at radius 2 is 1.53 bits per heavy atom. The zero-order chi connectivity index (χ0) is 13.2. The molecular weight excluding hydrogens is 240 g/mol. The number of para-hydroxylation sites is 4. The minimum absolute atomic E-state index is 0.114. The molecule has 0 aromatic heterocycles. The van der Waals surface area contributed by atoms with E-state index >= 15 is 0 Å². The SMILES string of the molecule is O=C(O)CCN1c2ccccc2Nc2ccccc21. The maximum absolute atomic E-state index is 10.8. The van der Waals surface area contributed by atoms with E-state index in [-0.39, 0.29) is 6.42 Å². The topological polar surface area (TPSA) is 52.6 Å². The van der Waals surface area contributed by atoms with Crippen LogP contribution < -0.4 is 10.2 Å². The standard InChI is InChI=1S/C15H14N2O2/c18-15(19)9-10-17-13-7-3-1-5-11(13)16-12-6-2-4-8-14(12)17/h1-8,16H,9-10H2,(H,18,19). The molecular formula is C15H14N2O2. The number of nitrogens with zero attached hydrogens (tertiary/aromatic N) is 1. The Hall–Kier alpha value is -2.49. The van der Waals surface area contributed by atoms with Gasteiger partial charge in [-0.2, -0.15) is 0 Å². The number of anilines is 4. The minimum Gasteiger partial charge on any atom is -0.481 e. The summed E-state index contributed by atoms with van der Waals surface area (Å²) < 4.78 is 0. The van der Waals surface area contributed by atoms with Gasteiger partial charge in [0.1, 0.15) is 0 Å². The van der Waals surface area contributed by atoms with E-state index in [1.54, 1.807) is 0 Å². The Labute approximate surface area is 111 Å². The highest BCUT2D eigenvalue weighted by Gasteiger charge is 2.21. The summed E-state index contributed by atoms with van der Waals surface area (Å²) in [6, 6.07) is 15.9. The highest BCUT2D eigenvalue weighted by atomic mass is 16.4. The summed E-state index contributed by atoms with van der Waals surface area (Å²) in [6.45, 7) is 0.463. The lowest BCUT2D eigenvalue weighted by atomic mass is 10.1. The molecule has 19 heavy (non-hydrogen) atoms. The van der Waals surface area contributed by atoms with Gasteiger partial charge in [0.05, 0.1) is 29.2 Å². The van der Waals surface area contributed by atoms with Crippen LogP contribution in [0.3, 0.4) is 0 Å². The lowest BCUT2D eigenvalue weighted by Crippen LogP contribution is -2.25. The van der Waals surface area contributed by atoms with Crippen molar-refractivity contribution in [2.75, 3.05) is 16.8 Å². The minimum atomic E-state index is -0.784. The van der Waals surface area contributed by atoms with Gasteiger partial charge >= 0.3 is 5.97 Å². The molecule has 4 heteroatoms. The van der Waals surface area contributed by atoms with Crippen LogP contribution in [0.4, 0.5) is 22.7 Å². The van der Waals surface area contributed by atoms with Gasteiger partial charge in [0.2, 0.25) is 0 Å². The molecule has 1 aliphatic rings. The molecule has 1 heterocycles. The van der Waals surface area contributed by atoms with Crippen molar-refractivity contribution in [2.24, 2.45) is 0 Å². The molecule has 0 radical (unpaired) electrons. The number of aliphatic carboxylic acids is 1. The van der Waals surface area contributed by atoms with E-state index < -0.39 is 5.97 Å². The summed E-state index contributed by atoms with van der Waals surface area (Å²) in [6.07, 6.45) is 0.114. The van der Waals surface area contributed by atoms with Crippen molar-refractivity contribution in [1.82, 2.24) is 0 Å². The average Bonchev–Trinajstić information content (AvgIpc) is 2.43. The van der Waals surface area contributed by atoms with Crippen LogP contribution in [0, 0.1) is 0 Å². The van der Waals surface area contributed by atoms with E-state index in [4.69, 9.17) is 5.11 Å². The third-order valence-corrected chi connectivity index (χ3v) is 3.21. The second-order valence-electron chi connectivity index (χ2n) is 4.45. The Bertz CT molecular complexity index is 580. The van der Waals surface area contributed by atoms with Crippen LogP contribution >= 0.6 is 0 Å².